The first-order valence-corrected chi connectivity index (χ1v) is 8.37. The van der Waals surface area contributed by atoms with E-state index in [0.717, 1.165) is 19.3 Å². The fourth-order valence-corrected chi connectivity index (χ4v) is 3.81. The van der Waals surface area contributed by atoms with Gasteiger partial charge in [0.25, 0.3) is 0 Å². The van der Waals surface area contributed by atoms with Crippen molar-refractivity contribution in [2.45, 2.75) is 24.2 Å². The highest BCUT2D eigenvalue weighted by Gasteiger charge is 2.25. The van der Waals surface area contributed by atoms with Crippen LogP contribution in [0.15, 0.2) is 29.2 Å². The normalized spacial score (nSPS) is 16.6. The van der Waals surface area contributed by atoms with Gasteiger partial charge < -0.3 is 10.1 Å². The van der Waals surface area contributed by atoms with Crippen LogP contribution in [0.1, 0.15) is 19.3 Å². The van der Waals surface area contributed by atoms with E-state index in [1.54, 1.807) is 12.1 Å². The van der Waals surface area contributed by atoms with Gasteiger partial charge in [0, 0.05) is 25.9 Å². The van der Waals surface area contributed by atoms with Crippen molar-refractivity contribution >= 4 is 21.6 Å². The first-order chi connectivity index (χ1) is 10.0. The standard InChI is InChI=1S/C14H20N2O4S/c1-20-11-14(17)15-12-5-7-13(8-6-12)21(18,19)16-9-3-2-4-10-16/h5-8H,2-4,9-11H2,1H3,(H,15,17). The third-order valence-electron chi connectivity index (χ3n) is 3.37. The van der Waals surface area contributed by atoms with Gasteiger partial charge in [0.05, 0.1) is 4.90 Å². The lowest BCUT2D eigenvalue weighted by atomic mass is 10.2. The van der Waals surface area contributed by atoms with Crippen molar-refractivity contribution in [3.8, 4) is 0 Å². The summed E-state index contributed by atoms with van der Waals surface area (Å²) in [5, 5.41) is 2.63. The summed E-state index contributed by atoms with van der Waals surface area (Å²) in [6.07, 6.45) is 2.89. The Kier molecular flexibility index (Phi) is 5.33. The largest absolute Gasteiger partial charge is 0.375 e. The number of amides is 1. The second kappa shape index (κ2) is 7.02. The van der Waals surface area contributed by atoms with Crippen LogP contribution in [0.25, 0.3) is 0 Å². The minimum atomic E-state index is -3.42. The molecule has 1 N–H and O–H groups in total. The summed E-state index contributed by atoms with van der Waals surface area (Å²) >= 11 is 0. The number of benzene rings is 1. The topological polar surface area (TPSA) is 75.7 Å². The molecule has 0 saturated carbocycles. The predicted molar refractivity (Wildman–Crippen MR) is 79.6 cm³/mol. The van der Waals surface area contributed by atoms with Gasteiger partial charge in [-0.25, -0.2) is 8.42 Å². The smallest absolute Gasteiger partial charge is 0.250 e. The summed E-state index contributed by atoms with van der Waals surface area (Å²) in [7, 11) is -1.98. The first kappa shape index (κ1) is 15.9. The summed E-state index contributed by atoms with van der Waals surface area (Å²) in [5.74, 6) is -0.274. The highest BCUT2D eigenvalue weighted by Crippen LogP contribution is 2.21. The number of carbonyl (C=O) groups is 1. The zero-order valence-electron chi connectivity index (χ0n) is 12.0. The summed E-state index contributed by atoms with van der Waals surface area (Å²) in [5.41, 5.74) is 0.551. The summed E-state index contributed by atoms with van der Waals surface area (Å²) in [6, 6.07) is 6.22. The number of carbonyl (C=O) groups excluding carboxylic acids is 1. The molecule has 0 spiro atoms. The van der Waals surface area contributed by atoms with E-state index in [4.69, 9.17) is 4.74 Å². The minimum Gasteiger partial charge on any atom is -0.375 e. The van der Waals surface area contributed by atoms with Gasteiger partial charge in [-0.1, -0.05) is 6.42 Å². The summed E-state index contributed by atoms with van der Waals surface area (Å²) in [6.45, 7) is 1.12. The molecule has 2 rings (SSSR count). The van der Waals surface area contributed by atoms with Gasteiger partial charge in [-0.05, 0) is 37.1 Å². The van der Waals surface area contributed by atoms with Crippen LogP contribution in [0.3, 0.4) is 0 Å². The highest BCUT2D eigenvalue weighted by molar-refractivity contribution is 7.89. The molecule has 116 valence electrons. The number of methoxy groups -OCH3 is 1. The molecule has 1 aliphatic rings. The van der Waals surface area contributed by atoms with Crippen molar-refractivity contribution in [1.29, 1.82) is 0 Å². The van der Waals surface area contributed by atoms with E-state index in [1.807, 2.05) is 0 Å². The maximum absolute atomic E-state index is 12.4. The molecular weight excluding hydrogens is 292 g/mol. The molecule has 1 saturated heterocycles. The molecule has 1 heterocycles. The second-order valence-corrected chi connectivity index (χ2v) is 6.91. The number of nitrogens with one attached hydrogen (secondary N) is 1. The van der Waals surface area contributed by atoms with Crippen molar-refractivity contribution in [2.75, 3.05) is 32.1 Å². The average molecular weight is 312 g/mol. The van der Waals surface area contributed by atoms with Crippen LogP contribution < -0.4 is 5.32 Å². The van der Waals surface area contributed by atoms with E-state index in [-0.39, 0.29) is 17.4 Å². The van der Waals surface area contributed by atoms with Crippen LogP contribution >= 0.6 is 0 Å². The second-order valence-electron chi connectivity index (χ2n) is 4.97. The van der Waals surface area contributed by atoms with Crippen LogP contribution in [0.5, 0.6) is 0 Å². The van der Waals surface area contributed by atoms with Gasteiger partial charge in [0.2, 0.25) is 15.9 Å². The van der Waals surface area contributed by atoms with Crippen molar-refractivity contribution in [3.05, 3.63) is 24.3 Å². The molecular formula is C14H20N2O4S. The SMILES string of the molecule is COCC(=O)Nc1ccc(S(=O)(=O)N2CCCCC2)cc1. The van der Waals surface area contributed by atoms with E-state index >= 15 is 0 Å². The third-order valence-corrected chi connectivity index (χ3v) is 5.28. The van der Waals surface area contributed by atoms with E-state index in [0.29, 0.717) is 18.8 Å². The van der Waals surface area contributed by atoms with E-state index < -0.39 is 10.0 Å². The minimum absolute atomic E-state index is 0.0339. The van der Waals surface area contributed by atoms with Crippen LogP contribution in [0.2, 0.25) is 0 Å². The number of sulfonamides is 1. The van der Waals surface area contributed by atoms with Gasteiger partial charge in [0.1, 0.15) is 6.61 Å². The Labute approximate surface area is 125 Å². The van der Waals surface area contributed by atoms with Crippen LogP contribution in [0.4, 0.5) is 5.69 Å². The molecule has 0 aliphatic carbocycles. The molecule has 6 nitrogen and oxygen atoms in total. The summed E-state index contributed by atoms with van der Waals surface area (Å²) in [4.78, 5) is 11.6. The van der Waals surface area contributed by atoms with Crippen molar-refractivity contribution in [2.24, 2.45) is 0 Å². The molecule has 1 amide bonds. The predicted octanol–water partition coefficient (Wildman–Crippen LogP) is 1.45. The Morgan fingerprint density at radius 2 is 1.81 bits per heavy atom. The van der Waals surface area contributed by atoms with Gasteiger partial charge in [-0.3, -0.25) is 4.79 Å². The van der Waals surface area contributed by atoms with Gasteiger partial charge in [0.15, 0.2) is 0 Å². The molecule has 7 heteroatoms. The number of nitrogens with zero attached hydrogens (tertiary/aromatic N) is 1. The Bertz CT molecular complexity index is 577. The monoisotopic (exact) mass is 312 g/mol. The Morgan fingerprint density at radius 3 is 2.38 bits per heavy atom. The third kappa shape index (κ3) is 4.03. The molecule has 0 bridgehead atoms. The maximum atomic E-state index is 12.4. The average Bonchev–Trinajstić information content (AvgIpc) is 2.49. The van der Waals surface area contributed by atoms with Gasteiger partial charge >= 0.3 is 0 Å². The fraction of sp³-hybridized carbons (Fsp3) is 0.500. The van der Waals surface area contributed by atoms with Crippen LogP contribution in [0, 0.1) is 0 Å². The molecule has 1 fully saturated rings. The number of piperidine rings is 1. The number of rotatable bonds is 5. The Morgan fingerprint density at radius 1 is 1.19 bits per heavy atom. The molecule has 0 unspecified atom stereocenters. The van der Waals surface area contributed by atoms with E-state index in [1.165, 1.54) is 23.5 Å². The van der Waals surface area contributed by atoms with Crippen LogP contribution in [-0.4, -0.2) is 45.4 Å². The zero-order chi connectivity index (χ0) is 15.3. The number of hydrogen-bond donors (Lipinski definition) is 1. The number of ether oxygens (including phenoxy) is 1. The molecule has 1 aliphatic heterocycles. The zero-order valence-corrected chi connectivity index (χ0v) is 12.9. The first-order valence-electron chi connectivity index (χ1n) is 6.93. The highest BCUT2D eigenvalue weighted by atomic mass is 32.2. The molecule has 21 heavy (non-hydrogen) atoms. The van der Waals surface area contributed by atoms with Gasteiger partial charge in [-0.2, -0.15) is 4.31 Å². The number of hydrogen-bond acceptors (Lipinski definition) is 4. The van der Waals surface area contributed by atoms with E-state index in [9.17, 15) is 13.2 Å². The molecule has 0 aromatic heterocycles. The van der Waals surface area contributed by atoms with Gasteiger partial charge in [-0.15, -0.1) is 0 Å². The fourth-order valence-electron chi connectivity index (χ4n) is 2.29. The Balaban J connectivity index is 2.09. The lowest BCUT2D eigenvalue weighted by Crippen LogP contribution is -2.35. The molecule has 1 aromatic rings. The lowest BCUT2D eigenvalue weighted by Gasteiger charge is -2.25. The quantitative estimate of drug-likeness (QED) is 0.893. The van der Waals surface area contributed by atoms with Crippen molar-refractivity contribution in [3.63, 3.8) is 0 Å². The van der Waals surface area contributed by atoms with Crippen LogP contribution in [-0.2, 0) is 19.6 Å². The molecule has 0 radical (unpaired) electrons. The molecule has 1 aromatic carbocycles. The summed E-state index contributed by atoms with van der Waals surface area (Å²) < 4.78 is 31.1. The Hall–Kier alpha value is -1.44. The maximum Gasteiger partial charge on any atom is 0.250 e. The van der Waals surface area contributed by atoms with E-state index in [2.05, 4.69) is 5.32 Å². The van der Waals surface area contributed by atoms with Crippen molar-refractivity contribution in [1.82, 2.24) is 4.31 Å². The number of anilines is 1. The lowest BCUT2D eigenvalue weighted by molar-refractivity contribution is -0.119. The molecule has 0 atom stereocenters. The van der Waals surface area contributed by atoms with Crippen molar-refractivity contribution < 1.29 is 17.9 Å².